The molecule has 0 spiro atoms. The lowest BCUT2D eigenvalue weighted by atomic mass is 10.1. The van der Waals surface area contributed by atoms with Crippen molar-refractivity contribution in [3.63, 3.8) is 0 Å². The van der Waals surface area contributed by atoms with Crippen molar-refractivity contribution in [3.8, 4) is 5.75 Å². The van der Waals surface area contributed by atoms with Crippen LogP contribution in [0.3, 0.4) is 0 Å². The summed E-state index contributed by atoms with van der Waals surface area (Å²) in [6.45, 7) is 5.27. The Kier molecular flexibility index (Phi) is 5.39. The molecule has 0 saturated heterocycles. The van der Waals surface area contributed by atoms with E-state index in [0.29, 0.717) is 25.6 Å². The number of ether oxygens (including phenoxy) is 1. The molecule has 3 nitrogen and oxygen atoms in total. The van der Waals surface area contributed by atoms with Crippen molar-refractivity contribution in [3.05, 3.63) is 42.5 Å². The maximum Gasteiger partial charge on any atom is 0.127 e. The first-order chi connectivity index (χ1) is 9.66. The van der Waals surface area contributed by atoms with Crippen molar-refractivity contribution in [1.82, 2.24) is 5.32 Å². The topological polar surface area (TPSA) is 41.5 Å². The molecule has 0 aliphatic rings. The van der Waals surface area contributed by atoms with Crippen molar-refractivity contribution in [2.45, 2.75) is 32.4 Å². The van der Waals surface area contributed by atoms with Gasteiger partial charge in [0.1, 0.15) is 5.75 Å². The number of benzene rings is 2. The number of aliphatic hydroxyl groups is 1. The van der Waals surface area contributed by atoms with E-state index in [-0.39, 0.29) is 6.10 Å². The minimum Gasteiger partial charge on any atom is -0.493 e. The Labute approximate surface area is 120 Å². The third-order valence-electron chi connectivity index (χ3n) is 3.22. The first kappa shape index (κ1) is 14.8. The summed E-state index contributed by atoms with van der Waals surface area (Å²) in [5.74, 6) is 0.882. The van der Waals surface area contributed by atoms with Crippen molar-refractivity contribution >= 4 is 10.8 Å². The monoisotopic (exact) mass is 273 g/mol. The summed E-state index contributed by atoms with van der Waals surface area (Å²) >= 11 is 0. The number of fused-ring (bicyclic) bond motifs is 1. The third kappa shape index (κ3) is 4.22. The maximum atomic E-state index is 9.85. The molecule has 2 aromatic carbocycles. The molecule has 0 radical (unpaired) electrons. The van der Waals surface area contributed by atoms with Crippen LogP contribution in [0.25, 0.3) is 10.8 Å². The van der Waals surface area contributed by atoms with Gasteiger partial charge in [0.05, 0.1) is 12.7 Å². The van der Waals surface area contributed by atoms with Gasteiger partial charge in [-0.3, -0.25) is 0 Å². The largest absolute Gasteiger partial charge is 0.493 e. The van der Waals surface area contributed by atoms with E-state index in [9.17, 15) is 5.11 Å². The normalized spacial score (nSPS) is 12.8. The Hall–Kier alpha value is -1.58. The van der Waals surface area contributed by atoms with Gasteiger partial charge in [-0.05, 0) is 11.5 Å². The summed E-state index contributed by atoms with van der Waals surface area (Å²) in [6, 6.07) is 14.6. The molecule has 0 heterocycles. The number of hydrogen-bond donors (Lipinski definition) is 2. The Balaban J connectivity index is 1.87. The van der Waals surface area contributed by atoms with E-state index < -0.39 is 0 Å². The molecule has 0 aromatic heterocycles. The van der Waals surface area contributed by atoms with Crippen LogP contribution in [0.2, 0.25) is 0 Å². The van der Waals surface area contributed by atoms with E-state index in [4.69, 9.17) is 4.74 Å². The van der Waals surface area contributed by atoms with Gasteiger partial charge in [-0.15, -0.1) is 0 Å². The lowest BCUT2D eigenvalue weighted by Gasteiger charge is -2.15. The van der Waals surface area contributed by atoms with E-state index >= 15 is 0 Å². The number of aliphatic hydroxyl groups excluding tert-OH is 1. The first-order valence-corrected chi connectivity index (χ1v) is 7.19. The summed E-state index contributed by atoms with van der Waals surface area (Å²) in [5.41, 5.74) is 0. The molecule has 20 heavy (non-hydrogen) atoms. The Morgan fingerprint density at radius 2 is 1.85 bits per heavy atom. The highest BCUT2D eigenvalue weighted by Crippen LogP contribution is 2.25. The van der Waals surface area contributed by atoms with Crippen LogP contribution >= 0.6 is 0 Å². The molecule has 0 saturated carbocycles. The van der Waals surface area contributed by atoms with Crippen molar-refractivity contribution in [1.29, 1.82) is 0 Å². The number of hydrogen-bond acceptors (Lipinski definition) is 3. The zero-order valence-electron chi connectivity index (χ0n) is 12.2. The zero-order chi connectivity index (χ0) is 14.4. The van der Waals surface area contributed by atoms with Crippen LogP contribution in [0.1, 0.15) is 20.3 Å². The van der Waals surface area contributed by atoms with Crippen molar-refractivity contribution < 1.29 is 9.84 Å². The molecule has 1 atom stereocenters. The smallest absolute Gasteiger partial charge is 0.127 e. The molecular formula is C17H23NO2. The molecule has 3 heteroatoms. The van der Waals surface area contributed by atoms with E-state index in [1.165, 1.54) is 5.39 Å². The van der Waals surface area contributed by atoms with Gasteiger partial charge in [0.25, 0.3) is 0 Å². The highest BCUT2D eigenvalue weighted by Gasteiger charge is 2.06. The summed E-state index contributed by atoms with van der Waals surface area (Å²) in [4.78, 5) is 0. The highest BCUT2D eigenvalue weighted by molar-refractivity contribution is 5.88. The molecule has 0 bridgehead atoms. The van der Waals surface area contributed by atoms with Crippen molar-refractivity contribution in [2.75, 3.05) is 13.2 Å². The number of nitrogens with one attached hydrogen (secondary N) is 1. The SMILES string of the molecule is CC(C)NCC(O)CCOc1cccc2ccccc12. The van der Waals surface area contributed by atoms with Crippen LogP contribution in [0, 0.1) is 0 Å². The molecule has 2 N–H and O–H groups in total. The van der Waals surface area contributed by atoms with Gasteiger partial charge in [0, 0.05) is 24.4 Å². The van der Waals surface area contributed by atoms with Gasteiger partial charge in [0.15, 0.2) is 0 Å². The highest BCUT2D eigenvalue weighted by atomic mass is 16.5. The average Bonchev–Trinajstić information content (AvgIpc) is 2.45. The van der Waals surface area contributed by atoms with Crippen LogP contribution < -0.4 is 10.1 Å². The molecule has 0 aliphatic carbocycles. The molecular weight excluding hydrogens is 250 g/mol. The fraction of sp³-hybridized carbons (Fsp3) is 0.412. The minimum atomic E-state index is -0.368. The van der Waals surface area contributed by atoms with Crippen LogP contribution in [0.5, 0.6) is 5.75 Å². The van der Waals surface area contributed by atoms with Gasteiger partial charge in [-0.2, -0.15) is 0 Å². The van der Waals surface area contributed by atoms with Crippen molar-refractivity contribution in [2.24, 2.45) is 0 Å². The molecule has 0 amide bonds. The summed E-state index contributed by atoms with van der Waals surface area (Å²) < 4.78 is 5.81. The second-order valence-electron chi connectivity index (χ2n) is 5.33. The first-order valence-electron chi connectivity index (χ1n) is 7.19. The molecule has 108 valence electrons. The summed E-state index contributed by atoms with van der Waals surface area (Å²) in [7, 11) is 0. The van der Waals surface area contributed by atoms with E-state index in [2.05, 4.69) is 37.4 Å². The van der Waals surface area contributed by atoms with Gasteiger partial charge in [-0.1, -0.05) is 50.2 Å². The van der Waals surface area contributed by atoms with Gasteiger partial charge in [-0.25, -0.2) is 0 Å². The Bertz CT molecular complexity index is 534. The summed E-state index contributed by atoms with van der Waals surface area (Å²) in [5, 5.41) is 15.4. The van der Waals surface area contributed by atoms with E-state index in [1.807, 2.05) is 24.3 Å². The van der Waals surface area contributed by atoms with Crippen LogP contribution in [0.4, 0.5) is 0 Å². The van der Waals surface area contributed by atoms with Gasteiger partial charge in [0.2, 0.25) is 0 Å². The minimum absolute atomic E-state index is 0.368. The maximum absolute atomic E-state index is 9.85. The van der Waals surface area contributed by atoms with Crippen LogP contribution in [-0.4, -0.2) is 30.4 Å². The standard InChI is InChI=1S/C17H23NO2/c1-13(2)18-12-15(19)10-11-20-17-9-5-7-14-6-3-4-8-16(14)17/h3-9,13,15,18-19H,10-12H2,1-2H3. The summed E-state index contributed by atoms with van der Waals surface area (Å²) in [6.07, 6.45) is 0.260. The fourth-order valence-corrected chi connectivity index (χ4v) is 2.10. The Morgan fingerprint density at radius 3 is 2.65 bits per heavy atom. The predicted octanol–water partition coefficient (Wildman–Crippen LogP) is 2.97. The molecule has 1 unspecified atom stereocenters. The average molecular weight is 273 g/mol. The fourth-order valence-electron chi connectivity index (χ4n) is 2.10. The number of rotatable bonds is 7. The van der Waals surface area contributed by atoms with E-state index in [1.54, 1.807) is 0 Å². The zero-order valence-corrected chi connectivity index (χ0v) is 12.2. The molecule has 0 fully saturated rings. The molecule has 0 aliphatic heterocycles. The molecule has 2 aromatic rings. The van der Waals surface area contributed by atoms with Gasteiger partial charge < -0.3 is 15.2 Å². The van der Waals surface area contributed by atoms with Gasteiger partial charge >= 0.3 is 0 Å². The lowest BCUT2D eigenvalue weighted by molar-refractivity contribution is 0.135. The van der Waals surface area contributed by atoms with E-state index in [0.717, 1.165) is 11.1 Å². The quantitative estimate of drug-likeness (QED) is 0.815. The molecule has 2 rings (SSSR count). The van der Waals surface area contributed by atoms with Crippen LogP contribution in [0.15, 0.2) is 42.5 Å². The Morgan fingerprint density at radius 1 is 1.10 bits per heavy atom. The second-order valence-corrected chi connectivity index (χ2v) is 5.33. The third-order valence-corrected chi connectivity index (χ3v) is 3.22. The lowest BCUT2D eigenvalue weighted by Crippen LogP contribution is -2.32. The van der Waals surface area contributed by atoms with Crippen LogP contribution in [-0.2, 0) is 0 Å². The second kappa shape index (κ2) is 7.27. The predicted molar refractivity (Wildman–Crippen MR) is 83.2 cm³/mol.